The molecular formula is C28H35NO2. The van der Waals surface area contributed by atoms with Crippen molar-refractivity contribution in [2.45, 2.75) is 77.6 Å². The van der Waals surface area contributed by atoms with Crippen molar-refractivity contribution < 1.29 is 9.90 Å². The summed E-state index contributed by atoms with van der Waals surface area (Å²) >= 11 is 0. The summed E-state index contributed by atoms with van der Waals surface area (Å²) in [4.78, 5) is 12.1. The molecule has 0 aliphatic heterocycles. The number of nitriles is 1. The molecule has 0 radical (unpaired) electrons. The molecule has 1 fully saturated rings. The van der Waals surface area contributed by atoms with Gasteiger partial charge >= 0.3 is 5.97 Å². The van der Waals surface area contributed by atoms with E-state index in [1.807, 2.05) is 12.1 Å². The van der Waals surface area contributed by atoms with Gasteiger partial charge in [-0.2, -0.15) is 5.26 Å². The van der Waals surface area contributed by atoms with Crippen molar-refractivity contribution in [3.05, 3.63) is 59.7 Å². The number of carboxylic acid groups (broad SMARTS) is 1. The van der Waals surface area contributed by atoms with Crippen molar-refractivity contribution in [2.75, 3.05) is 0 Å². The fourth-order valence-electron chi connectivity index (χ4n) is 5.22. The molecule has 2 aromatic rings. The fraction of sp³-hybridized carbons (Fsp3) is 0.500. The monoisotopic (exact) mass is 417 g/mol. The second-order valence-electron chi connectivity index (χ2n) is 9.22. The van der Waals surface area contributed by atoms with Crippen molar-refractivity contribution in [3.63, 3.8) is 0 Å². The molecule has 1 aliphatic carbocycles. The van der Waals surface area contributed by atoms with Gasteiger partial charge in [-0.25, -0.2) is 0 Å². The zero-order valence-corrected chi connectivity index (χ0v) is 18.9. The lowest BCUT2D eigenvalue weighted by molar-refractivity contribution is -0.149. The number of rotatable bonds is 9. The summed E-state index contributed by atoms with van der Waals surface area (Å²) in [6.45, 7) is 4.32. The van der Waals surface area contributed by atoms with E-state index in [1.54, 1.807) is 0 Å². The van der Waals surface area contributed by atoms with Crippen molar-refractivity contribution in [1.82, 2.24) is 0 Å². The first-order valence-electron chi connectivity index (χ1n) is 11.9. The van der Waals surface area contributed by atoms with Crippen LogP contribution >= 0.6 is 0 Å². The Morgan fingerprint density at radius 3 is 2.23 bits per heavy atom. The minimum absolute atomic E-state index is 0.173. The van der Waals surface area contributed by atoms with Gasteiger partial charge in [-0.05, 0) is 53.9 Å². The van der Waals surface area contributed by atoms with Crippen LogP contribution in [-0.2, 0) is 11.2 Å². The second kappa shape index (κ2) is 10.6. The minimum atomic E-state index is -1.32. The van der Waals surface area contributed by atoms with Crippen LogP contribution in [0.1, 0.15) is 82.3 Å². The number of unbranched alkanes of at least 4 members (excludes halogenated alkanes) is 4. The quantitative estimate of drug-likeness (QED) is 0.433. The van der Waals surface area contributed by atoms with Gasteiger partial charge in [0.15, 0.2) is 5.41 Å². The molecule has 0 heterocycles. The van der Waals surface area contributed by atoms with Crippen molar-refractivity contribution >= 4 is 5.97 Å². The maximum Gasteiger partial charge on any atom is 0.324 e. The van der Waals surface area contributed by atoms with Crippen molar-refractivity contribution in [3.8, 4) is 17.2 Å². The first kappa shape index (κ1) is 23.1. The molecule has 0 bridgehead atoms. The summed E-state index contributed by atoms with van der Waals surface area (Å²) in [6, 6.07) is 19.2. The number of aryl methyl sites for hydroxylation is 1. The minimum Gasteiger partial charge on any atom is -0.480 e. The average Bonchev–Trinajstić information content (AvgIpc) is 2.79. The van der Waals surface area contributed by atoms with E-state index in [4.69, 9.17) is 0 Å². The summed E-state index contributed by atoms with van der Waals surface area (Å²) in [5.41, 5.74) is 3.32. The molecule has 1 N–H and O–H groups in total. The highest BCUT2D eigenvalue weighted by Crippen LogP contribution is 2.50. The van der Waals surface area contributed by atoms with Gasteiger partial charge < -0.3 is 5.11 Å². The fourth-order valence-corrected chi connectivity index (χ4v) is 5.22. The number of carbonyl (C=O) groups is 1. The lowest BCUT2D eigenvalue weighted by Crippen LogP contribution is -2.42. The normalized spacial score (nSPS) is 23.3. The summed E-state index contributed by atoms with van der Waals surface area (Å²) in [7, 11) is 0. The van der Waals surface area contributed by atoms with Crippen LogP contribution in [0.3, 0.4) is 0 Å². The third-order valence-corrected chi connectivity index (χ3v) is 7.04. The van der Waals surface area contributed by atoms with Crippen molar-refractivity contribution in [2.24, 2.45) is 11.3 Å². The molecule has 0 spiro atoms. The molecule has 31 heavy (non-hydrogen) atoms. The van der Waals surface area contributed by atoms with Crippen LogP contribution in [0, 0.1) is 22.7 Å². The van der Waals surface area contributed by atoms with Crippen LogP contribution < -0.4 is 0 Å². The molecule has 3 unspecified atom stereocenters. The maximum atomic E-state index is 12.1. The lowest BCUT2D eigenvalue weighted by atomic mass is 9.60. The molecule has 164 valence electrons. The number of hydrogen-bond donors (Lipinski definition) is 1. The Balaban J connectivity index is 1.72. The third kappa shape index (κ3) is 5.18. The Hall–Kier alpha value is -2.60. The molecule has 3 heteroatoms. The maximum absolute atomic E-state index is 12.1. The molecule has 3 rings (SSSR count). The van der Waals surface area contributed by atoms with E-state index < -0.39 is 11.4 Å². The zero-order valence-electron chi connectivity index (χ0n) is 18.9. The van der Waals surface area contributed by atoms with E-state index in [0.717, 1.165) is 30.4 Å². The van der Waals surface area contributed by atoms with E-state index >= 15 is 0 Å². The van der Waals surface area contributed by atoms with E-state index in [9.17, 15) is 15.2 Å². The zero-order chi connectivity index (χ0) is 22.3. The standard InChI is InChI=1S/C28H35NO2/c1-3-4-5-6-7-10-22-11-13-23(14-12-22)24-15-17-25(18-16-24)26-21(2)9-8-19-28(26,20-29)27(30)31/h11-18,21,26H,3-10,19H2,1-2H3,(H,30,31). The van der Waals surface area contributed by atoms with E-state index in [1.165, 1.54) is 43.2 Å². The van der Waals surface area contributed by atoms with Crippen LogP contribution in [0.2, 0.25) is 0 Å². The molecule has 3 atom stereocenters. The van der Waals surface area contributed by atoms with E-state index in [0.29, 0.717) is 6.42 Å². The number of nitrogens with zero attached hydrogens (tertiary/aromatic N) is 1. The van der Waals surface area contributed by atoms with E-state index in [-0.39, 0.29) is 11.8 Å². The van der Waals surface area contributed by atoms with Gasteiger partial charge in [0.2, 0.25) is 0 Å². The highest BCUT2D eigenvalue weighted by molar-refractivity contribution is 5.80. The molecule has 2 aromatic carbocycles. The van der Waals surface area contributed by atoms with Crippen LogP contribution in [0.4, 0.5) is 0 Å². The Kier molecular flexibility index (Phi) is 7.91. The molecular weight excluding hydrogens is 382 g/mol. The number of carboxylic acids is 1. The summed E-state index contributed by atoms with van der Waals surface area (Å²) in [5.74, 6) is -1.08. The van der Waals surface area contributed by atoms with Gasteiger partial charge in [0.25, 0.3) is 0 Å². The smallest absolute Gasteiger partial charge is 0.324 e. The summed E-state index contributed by atoms with van der Waals surface area (Å²) < 4.78 is 0. The Morgan fingerprint density at radius 1 is 1.03 bits per heavy atom. The van der Waals surface area contributed by atoms with Gasteiger partial charge in [-0.3, -0.25) is 4.79 Å². The SMILES string of the molecule is CCCCCCCc1ccc(-c2ccc(C3C(C)CCCC3(C#N)C(=O)O)cc2)cc1. The predicted molar refractivity (Wildman–Crippen MR) is 126 cm³/mol. The molecule has 1 aliphatic rings. The average molecular weight is 418 g/mol. The number of aliphatic carboxylic acids is 1. The van der Waals surface area contributed by atoms with Gasteiger partial charge in [-0.1, -0.05) is 94.5 Å². The summed E-state index contributed by atoms with van der Waals surface area (Å²) in [5, 5.41) is 19.7. The largest absolute Gasteiger partial charge is 0.480 e. The Bertz CT molecular complexity index is 894. The molecule has 0 saturated heterocycles. The highest BCUT2D eigenvalue weighted by atomic mass is 16.4. The molecule has 1 saturated carbocycles. The van der Waals surface area contributed by atoms with Crippen LogP contribution in [0.15, 0.2) is 48.5 Å². The molecule has 0 amide bonds. The second-order valence-corrected chi connectivity index (χ2v) is 9.22. The van der Waals surface area contributed by atoms with Crippen molar-refractivity contribution in [1.29, 1.82) is 5.26 Å². The molecule has 3 nitrogen and oxygen atoms in total. The predicted octanol–water partition coefficient (Wildman–Crippen LogP) is 7.36. The first-order chi connectivity index (χ1) is 15.0. The highest BCUT2D eigenvalue weighted by Gasteiger charge is 2.51. The van der Waals surface area contributed by atoms with E-state index in [2.05, 4.69) is 56.3 Å². The van der Waals surface area contributed by atoms with Crippen LogP contribution in [0.5, 0.6) is 0 Å². The van der Waals surface area contributed by atoms with Gasteiger partial charge in [0.1, 0.15) is 0 Å². The van der Waals surface area contributed by atoms with Crippen LogP contribution in [0.25, 0.3) is 11.1 Å². The topological polar surface area (TPSA) is 61.1 Å². The summed E-state index contributed by atoms with van der Waals surface area (Å²) in [6.07, 6.45) is 9.80. The Morgan fingerprint density at radius 2 is 1.65 bits per heavy atom. The third-order valence-electron chi connectivity index (χ3n) is 7.04. The lowest BCUT2D eigenvalue weighted by Gasteiger charge is -2.40. The number of benzene rings is 2. The first-order valence-corrected chi connectivity index (χ1v) is 11.9. The Labute approximate surface area is 187 Å². The number of hydrogen-bond acceptors (Lipinski definition) is 2. The van der Waals surface area contributed by atoms with Crippen LogP contribution in [-0.4, -0.2) is 11.1 Å². The van der Waals surface area contributed by atoms with Gasteiger partial charge in [0.05, 0.1) is 6.07 Å². The van der Waals surface area contributed by atoms with Gasteiger partial charge in [-0.15, -0.1) is 0 Å². The van der Waals surface area contributed by atoms with Gasteiger partial charge in [0, 0.05) is 5.92 Å². The molecule has 0 aromatic heterocycles.